The maximum Gasteiger partial charge on any atom is 0.0804 e. The van der Waals surface area contributed by atoms with Crippen molar-refractivity contribution >= 4 is 0 Å². The molecule has 2 nitrogen and oxygen atoms in total. The van der Waals surface area contributed by atoms with Gasteiger partial charge >= 0.3 is 0 Å². The monoisotopic (exact) mass is 184 g/mol. The predicted octanol–water partition coefficient (Wildman–Crippen LogP) is 1.99. The molecule has 0 aromatic carbocycles. The quantitative estimate of drug-likeness (QED) is 0.680. The Morgan fingerprint density at radius 1 is 1.69 bits per heavy atom. The summed E-state index contributed by atoms with van der Waals surface area (Å²) in [7, 11) is 1.64. The maximum atomic E-state index is 9.76. The highest BCUT2D eigenvalue weighted by molar-refractivity contribution is 5.07. The van der Waals surface area contributed by atoms with Gasteiger partial charge in [-0.05, 0) is 31.6 Å². The lowest BCUT2D eigenvalue weighted by atomic mass is 9.81. The molecule has 0 saturated heterocycles. The lowest BCUT2D eigenvalue weighted by Gasteiger charge is -2.28. The molecule has 0 heterocycles. The van der Waals surface area contributed by atoms with E-state index in [1.165, 1.54) is 5.57 Å². The zero-order chi connectivity index (χ0) is 9.84. The molecule has 0 aromatic rings. The zero-order valence-electron chi connectivity index (χ0n) is 8.79. The van der Waals surface area contributed by atoms with E-state index in [0.29, 0.717) is 18.4 Å². The van der Waals surface area contributed by atoms with E-state index in [9.17, 15) is 5.11 Å². The van der Waals surface area contributed by atoms with Crippen LogP contribution in [0.2, 0.25) is 0 Å². The van der Waals surface area contributed by atoms with E-state index in [2.05, 4.69) is 19.9 Å². The van der Waals surface area contributed by atoms with Crippen molar-refractivity contribution in [3.8, 4) is 0 Å². The molecule has 1 aliphatic carbocycles. The Morgan fingerprint density at radius 2 is 2.38 bits per heavy atom. The molecule has 76 valence electrons. The fourth-order valence-electron chi connectivity index (χ4n) is 2.20. The zero-order valence-corrected chi connectivity index (χ0v) is 8.79. The first-order chi connectivity index (χ1) is 6.13. The average molecular weight is 184 g/mol. The maximum absolute atomic E-state index is 9.76. The number of aliphatic hydroxyl groups is 1. The van der Waals surface area contributed by atoms with Crippen LogP contribution in [0.5, 0.6) is 0 Å². The third-order valence-electron chi connectivity index (χ3n) is 2.71. The molecule has 2 heteroatoms. The molecule has 3 unspecified atom stereocenters. The lowest BCUT2D eigenvalue weighted by Crippen LogP contribution is -2.28. The summed E-state index contributed by atoms with van der Waals surface area (Å²) in [4.78, 5) is 0. The Morgan fingerprint density at radius 3 is 2.92 bits per heavy atom. The summed E-state index contributed by atoms with van der Waals surface area (Å²) in [5.74, 6) is 0.991. The molecule has 0 bridgehead atoms. The van der Waals surface area contributed by atoms with Gasteiger partial charge in [0.05, 0.1) is 12.7 Å². The molecule has 1 aliphatic rings. The van der Waals surface area contributed by atoms with E-state index < -0.39 is 0 Å². The van der Waals surface area contributed by atoms with Crippen LogP contribution in [-0.2, 0) is 4.74 Å². The normalized spacial score (nSPS) is 31.2. The van der Waals surface area contributed by atoms with Crippen LogP contribution in [0.1, 0.15) is 26.7 Å². The van der Waals surface area contributed by atoms with Gasteiger partial charge in [-0.15, -0.1) is 0 Å². The Labute approximate surface area is 80.6 Å². The SMILES string of the molecule is COCC(O)C1CC(C)=CC(C)C1. The number of hydrogen-bond acceptors (Lipinski definition) is 2. The third-order valence-corrected chi connectivity index (χ3v) is 2.71. The van der Waals surface area contributed by atoms with Gasteiger partial charge in [-0.3, -0.25) is 0 Å². The molecule has 0 radical (unpaired) electrons. The minimum absolute atomic E-state index is 0.295. The van der Waals surface area contributed by atoms with E-state index in [1.807, 2.05) is 0 Å². The number of hydrogen-bond donors (Lipinski definition) is 1. The summed E-state index contributed by atoms with van der Waals surface area (Å²) in [6.45, 7) is 4.81. The summed E-state index contributed by atoms with van der Waals surface area (Å²) in [5.41, 5.74) is 1.40. The van der Waals surface area contributed by atoms with Crippen LogP contribution in [0.25, 0.3) is 0 Å². The third kappa shape index (κ3) is 3.12. The van der Waals surface area contributed by atoms with Crippen molar-refractivity contribution in [3.05, 3.63) is 11.6 Å². The van der Waals surface area contributed by atoms with Gasteiger partial charge in [0, 0.05) is 7.11 Å². The van der Waals surface area contributed by atoms with Gasteiger partial charge in [0.15, 0.2) is 0 Å². The Bertz CT molecular complexity index is 187. The minimum atomic E-state index is -0.295. The van der Waals surface area contributed by atoms with E-state index in [0.717, 1.165) is 12.8 Å². The minimum Gasteiger partial charge on any atom is -0.390 e. The van der Waals surface area contributed by atoms with Gasteiger partial charge in [-0.1, -0.05) is 18.6 Å². The van der Waals surface area contributed by atoms with Crippen LogP contribution in [0, 0.1) is 11.8 Å². The lowest BCUT2D eigenvalue weighted by molar-refractivity contribution is 0.0179. The number of methoxy groups -OCH3 is 1. The van der Waals surface area contributed by atoms with Crippen molar-refractivity contribution in [1.29, 1.82) is 0 Å². The van der Waals surface area contributed by atoms with E-state index in [4.69, 9.17) is 4.74 Å². The highest BCUT2D eigenvalue weighted by Crippen LogP contribution is 2.30. The molecular weight excluding hydrogens is 164 g/mol. The van der Waals surface area contributed by atoms with Gasteiger partial charge < -0.3 is 9.84 Å². The van der Waals surface area contributed by atoms with Crippen molar-refractivity contribution in [2.75, 3.05) is 13.7 Å². The summed E-state index contributed by atoms with van der Waals surface area (Å²) >= 11 is 0. The Hall–Kier alpha value is -0.340. The molecule has 0 fully saturated rings. The standard InChI is InChI=1S/C11H20O2/c1-8-4-9(2)6-10(5-8)11(12)7-13-3/h4,8,10-12H,5-7H2,1-3H3. The number of rotatable bonds is 3. The van der Waals surface area contributed by atoms with Crippen molar-refractivity contribution in [2.45, 2.75) is 32.8 Å². The Balaban J connectivity index is 2.49. The number of aliphatic hydroxyl groups excluding tert-OH is 1. The fraction of sp³-hybridized carbons (Fsp3) is 0.818. The van der Waals surface area contributed by atoms with Crippen LogP contribution >= 0.6 is 0 Å². The molecule has 3 atom stereocenters. The fourth-order valence-corrected chi connectivity index (χ4v) is 2.20. The second-order valence-corrected chi connectivity index (χ2v) is 4.21. The molecule has 0 aromatic heterocycles. The summed E-state index contributed by atoms with van der Waals surface area (Å²) in [6, 6.07) is 0. The largest absolute Gasteiger partial charge is 0.390 e. The Kier molecular flexibility index (Phi) is 3.94. The molecule has 1 N–H and O–H groups in total. The van der Waals surface area contributed by atoms with Crippen LogP contribution in [-0.4, -0.2) is 24.9 Å². The van der Waals surface area contributed by atoms with Crippen molar-refractivity contribution in [3.63, 3.8) is 0 Å². The highest BCUT2D eigenvalue weighted by Gasteiger charge is 2.24. The first kappa shape index (κ1) is 10.7. The molecule has 0 spiro atoms. The van der Waals surface area contributed by atoms with Crippen molar-refractivity contribution in [2.24, 2.45) is 11.8 Å². The topological polar surface area (TPSA) is 29.5 Å². The van der Waals surface area contributed by atoms with Gasteiger partial charge in [-0.25, -0.2) is 0 Å². The highest BCUT2D eigenvalue weighted by atomic mass is 16.5. The van der Waals surface area contributed by atoms with Crippen LogP contribution in [0.15, 0.2) is 11.6 Å². The second kappa shape index (κ2) is 4.77. The average Bonchev–Trinajstić information content (AvgIpc) is 2.03. The van der Waals surface area contributed by atoms with Gasteiger partial charge in [0.1, 0.15) is 0 Å². The van der Waals surface area contributed by atoms with E-state index in [1.54, 1.807) is 7.11 Å². The molecular formula is C11H20O2. The summed E-state index contributed by atoms with van der Waals surface area (Å²) in [6.07, 6.45) is 4.11. The first-order valence-corrected chi connectivity index (χ1v) is 4.97. The van der Waals surface area contributed by atoms with E-state index >= 15 is 0 Å². The van der Waals surface area contributed by atoms with Gasteiger partial charge in [-0.2, -0.15) is 0 Å². The van der Waals surface area contributed by atoms with Crippen molar-refractivity contribution in [1.82, 2.24) is 0 Å². The molecule has 0 saturated carbocycles. The number of allylic oxidation sites excluding steroid dienone is 2. The van der Waals surface area contributed by atoms with Gasteiger partial charge in [0.25, 0.3) is 0 Å². The number of ether oxygens (including phenoxy) is 1. The van der Waals surface area contributed by atoms with Gasteiger partial charge in [0.2, 0.25) is 0 Å². The summed E-state index contributed by atoms with van der Waals surface area (Å²) in [5, 5.41) is 9.76. The predicted molar refractivity (Wildman–Crippen MR) is 53.5 cm³/mol. The smallest absolute Gasteiger partial charge is 0.0804 e. The van der Waals surface area contributed by atoms with Crippen LogP contribution in [0.3, 0.4) is 0 Å². The molecule has 13 heavy (non-hydrogen) atoms. The first-order valence-electron chi connectivity index (χ1n) is 4.97. The molecule has 1 rings (SSSR count). The van der Waals surface area contributed by atoms with Crippen LogP contribution in [0.4, 0.5) is 0 Å². The van der Waals surface area contributed by atoms with Crippen LogP contribution < -0.4 is 0 Å². The summed E-state index contributed by atoms with van der Waals surface area (Å²) < 4.78 is 4.96. The molecule has 0 aliphatic heterocycles. The van der Waals surface area contributed by atoms with E-state index in [-0.39, 0.29) is 6.10 Å². The second-order valence-electron chi connectivity index (χ2n) is 4.21. The molecule has 0 amide bonds. The van der Waals surface area contributed by atoms with Crippen molar-refractivity contribution < 1.29 is 9.84 Å².